The minimum atomic E-state index is -0.552. The Morgan fingerprint density at radius 3 is 2.76 bits per heavy atom. The Labute approximate surface area is 101 Å². The van der Waals surface area contributed by atoms with E-state index in [0.29, 0.717) is 12.4 Å². The number of hydrogen-bond donors (Lipinski definition) is 1. The molecule has 0 fully saturated rings. The van der Waals surface area contributed by atoms with E-state index < -0.39 is 12.3 Å². The molecule has 1 unspecified atom stereocenters. The van der Waals surface area contributed by atoms with E-state index in [1.54, 1.807) is 20.1 Å². The third-order valence-corrected chi connectivity index (χ3v) is 2.16. The van der Waals surface area contributed by atoms with Crippen molar-refractivity contribution in [1.82, 2.24) is 5.32 Å². The van der Waals surface area contributed by atoms with Gasteiger partial charge in [-0.15, -0.1) is 0 Å². The van der Waals surface area contributed by atoms with Crippen molar-refractivity contribution in [3.63, 3.8) is 0 Å². The van der Waals surface area contributed by atoms with Gasteiger partial charge in [0.05, 0.1) is 13.7 Å². The Kier molecular flexibility index (Phi) is 5.29. The topological polar surface area (TPSA) is 56.8 Å². The van der Waals surface area contributed by atoms with E-state index in [1.165, 1.54) is 7.11 Å². The molecule has 0 saturated carbocycles. The summed E-state index contributed by atoms with van der Waals surface area (Å²) in [6.07, 6.45) is -1.06. The number of carbonyl (C=O) groups excluding carboxylic acids is 1. The van der Waals surface area contributed by atoms with Crippen molar-refractivity contribution >= 4 is 6.09 Å². The molecule has 5 heteroatoms. The number of carbonyl (C=O) groups is 1. The van der Waals surface area contributed by atoms with Gasteiger partial charge in [0.2, 0.25) is 0 Å². The summed E-state index contributed by atoms with van der Waals surface area (Å²) in [7, 11) is 3.09. The smallest absolute Gasteiger partial charge is 0.409 e. The summed E-state index contributed by atoms with van der Waals surface area (Å²) in [6.45, 7) is 2.06. The van der Waals surface area contributed by atoms with E-state index in [2.05, 4.69) is 5.32 Å². The van der Waals surface area contributed by atoms with Crippen LogP contribution in [0.4, 0.5) is 4.79 Å². The summed E-state index contributed by atoms with van der Waals surface area (Å²) in [5.41, 5.74) is 0.792. The predicted molar refractivity (Wildman–Crippen MR) is 62.9 cm³/mol. The molecule has 5 nitrogen and oxygen atoms in total. The Bertz CT molecular complexity index is 367. The molecule has 1 amide bonds. The molecule has 0 bridgehead atoms. The molecule has 1 aromatic rings. The molecule has 1 rings (SSSR count). The van der Waals surface area contributed by atoms with E-state index in [-0.39, 0.29) is 0 Å². The lowest BCUT2D eigenvalue weighted by Gasteiger charge is -2.17. The van der Waals surface area contributed by atoms with Crippen LogP contribution >= 0.6 is 0 Å². The summed E-state index contributed by atoms with van der Waals surface area (Å²) in [6, 6.07) is 7.27. The van der Waals surface area contributed by atoms with Crippen LogP contribution in [0, 0.1) is 0 Å². The van der Waals surface area contributed by atoms with Crippen LogP contribution in [0.25, 0.3) is 0 Å². The lowest BCUT2D eigenvalue weighted by atomic mass is 10.2. The fourth-order valence-corrected chi connectivity index (χ4v) is 1.36. The molecule has 0 aliphatic carbocycles. The molecule has 0 heterocycles. The van der Waals surface area contributed by atoms with Gasteiger partial charge in [-0.3, -0.25) is 5.32 Å². The first kappa shape index (κ1) is 13.3. The van der Waals surface area contributed by atoms with Gasteiger partial charge in [0.25, 0.3) is 0 Å². The van der Waals surface area contributed by atoms with Crippen molar-refractivity contribution in [3.8, 4) is 5.75 Å². The summed E-state index contributed by atoms with van der Waals surface area (Å²) >= 11 is 0. The van der Waals surface area contributed by atoms with Gasteiger partial charge in [-0.2, -0.15) is 0 Å². The van der Waals surface area contributed by atoms with Gasteiger partial charge in [-0.1, -0.05) is 12.1 Å². The van der Waals surface area contributed by atoms with Crippen LogP contribution in [0.5, 0.6) is 5.75 Å². The van der Waals surface area contributed by atoms with Gasteiger partial charge >= 0.3 is 6.09 Å². The van der Waals surface area contributed by atoms with Crippen LogP contribution in [-0.2, 0) is 9.47 Å². The Hall–Kier alpha value is -1.75. The lowest BCUT2D eigenvalue weighted by molar-refractivity contribution is 0.0624. The number of nitrogens with one attached hydrogen (secondary N) is 1. The molecule has 0 aromatic heterocycles. The number of alkyl carbamates (subject to hydrolysis) is 1. The molecule has 0 spiro atoms. The first-order chi connectivity index (χ1) is 8.21. The van der Waals surface area contributed by atoms with E-state index >= 15 is 0 Å². The third-order valence-electron chi connectivity index (χ3n) is 2.16. The second-order valence-electron chi connectivity index (χ2n) is 3.26. The molecule has 0 radical (unpaired) electrons. The number of ether oxygens (including phenoxy) is 3. The van der Waals surface area contributed by atoms with Gasteiger partial charge in [-0.25, -0.2) is 4.79 Å². The quantitative estimate of drug-likeness (QED) is 0.799. The molecule has 17 heavy (non-hydrogen) atoms. The molecule has 0 aliphatic rings. The maximum absolute atomic E-state index is 11.3. The molecular weight excluding hydrogens is 222 g/mol. The zero-order chi connectivity index (χ0) is 12.7. The van der Waals surface area contributed by atoms with Crippen molar-refractivity contribution in [2.75, 3.05) is 20.8 Å². The normalized spacial score (nSPS) is 11.7. The summed E-state index contributed by atoms with van der Waals surface area (Å²) in [4.78, 5) is 11.3. The fraction of sp³-hybridized carbons (Fsp3) is 0.417. The fourth-order valence-electron chi connectivity index (χ4n) is 1.36. The number of rotatable bonds is 5. The van der Waals surface area contributed by atoms with Crippen molar-refractivity contribution in [2.45, 2.75) is 13.2 Å². The molecule has 94 valence electrons. The van der Waals surface area contributed by atoms with Gasteiger partial charge in [-0.05, 0) is 19.1 Å². The summed E-state index contributed by atoms with van der Waals surface area (Å²) in [5, 5.41) is 2.60. The summed E-state index contributed by atoms with van der Waals surface area (Å²) < 4.78 is 15.1. The molecule has 1 aromatic carbocycles. The van der Waals surface area contributed by atoms with Gasteiger partial charge in [0.15, 0.2) is 6.23 Å². The molecular formula is C12H17NO4. The average molecular weight is 239 g/mol. The average Bonchev–Trinajstić information content (AvgIpc) is 2.36. The first-order valence-electron chi connectivity index (χ1n) is 5.31. The molecule has 0 aliphatic heterocycles. The largest absolute Gasteiger partial charge is 0.497 e. The maximum atomic E-state index is 11.3. The minimum absolute atomic E-state index is 0.320. The van der Waals surface area contributed by atoms with Crippen molar-refractivity contribution < 1.29 is 19.0 Å². The van der Waals surface area contributed by atoms with Gasteiger partial charge < -0.3 is 14.2 Å². The molecule has 1 N–H and O–H groups in total. The van der Waals surface area contributed by atoms with Crippen LogP contribution in [0.2, 0.25) is 0 Å². The van der Waals surface area contributed by atoms with Crippen LogP contribution in [0.1, 0.15) is 18.7 Å². The molecule has 0 saturated heterocycles. The Morgan fingerprint density at radius 2 is 2.18 bits per heavy atom. The number of hydrogen-bond acceptors (Lipinski definition) is 4. The third kappa shape index (κ3) is 3.96. The predicted octanol–water partition coefficient (Wildman–Crippen LogP) is 2.09. The van der Waals surface area contributed by atoms with Crippen LogP contribution in [0.3, 0.4) is 0 Å². The van der Waals surface area contributed by atoms with E-state index in [9.17, 15) is 4.79 Å². The zero-order valence-electron chi connectivity index (χ0n) is 10.2. The van der Waals surface area contributed by atoms with E-state index in [1.807, 2.05) is 18.2 Å². The van der Waals surface area contributed by atoms with Gasteiger partial charge in [0, 0.05) is 12.7 Å². The zero-order valence-corrected chi connectivity index (χ0v) is 10.2. The van der Waals surface area contributed by atoms with Crippen LogP contribution < -0.4 is 10.1 Å². The SMILES string of the molecule is CCOC(=O)NC(OC)c1cccc(OC)c1. The van der Waals surface area contributed by atoms with Gasteiger partial charge in [0.1, 0.15) is 5.75 Å². The molecule has 1 atom stereocenters. The standard InChI is InChI=1S/C12H17NO4/c1-4-17-12(14)13-11(16-3)9-6-5-7-10(8-9)15-2/h5-8,11H,4H2,1-3H3,(H,13,14). The monoisotopic (exact) mass is 239 g/mol. The van der Waals surface area contributed by atoms with E-state index in [4.69, 9.17) is 14.2 Å². The summed E-state index contributed by atoms with van der Waals surface area (Å²) in [5.74, 6) is 0.704. The maximum Gasteiger partial charge on any atom is 0.409 e. The highest BCUT2D eigenvalue weighted by molar-refractivity contribution is 5.67. The van der Waals surface area contributed by atoms with Crippen LogP contribution in [-0.4, -0.2) is 26.9 Å². The van der Waals surface area contributed by atoms with Crippen molar-refractivity contribution in [3.05, 3.63) is 29.8 Å². The number of benzene rings is 1. The Morgan fingerprint density at radius 1 is 1.41 bits per heavy atom. The Balaban J connectivity index is 2.74. The van der Waals surface area contributed by atoms with Crippen molar-refractivity contribution in [2.24, 2.45) is 0 Å². The first-order valence-corrected chi connectivity index (χ1v) is 5.31. The second kappa shape index (κ2) is 6.75. The number of amides is 1. The highest BCUT2D eigenvalue weighted by atomic mass is 16.6. The minimum Gasteiger partial charge on any atom is -0.497 e. The van der Waals surface area contributed by atoms with E-state index in [0.717, 1.165) is 5.56 Å². The highest BCUT2D eigenvalue weighted by Crippen LogP contribution is 2.19. The van der Waals surface area contributed by atoms with Crippen LogP contribution in [0.15, 0.2) is 24.3 Å². The number of methoxy groups -OCH3 is 2. The highest BCUT2D eigenvalue weighted by Gasteiger charge is 2.14. The lowest BCUT2D eigenvalue weighted by Crippen LogP contribution is -2.30. The van der Waals surface area contributed by atoms with Crippen molar-refractivity contribution in [1.29, 1.82) is 0 Å². The second-order valence-corrected chi connectivity index (χ2v) is 3.26.